The van der Waals surface area contributed by atoms with Gasteiger partial charge < -0.3 is 15.1 Å². The average Bonchev–Trinajstić information content (AvgIpc) is 3.16. The molecule has 0 aliphatic carbocycles. The zero-order valence-electron chi connectivity index (χ0n) is 15.3. The van der Waals surface area contributed by atoms with E-state index in [-0.39, 0.29) is 6.47 Å². The van der Waals surface area contributed by atoms with Gasteiger partial charge in [-0.1, -0.05) is 60.7 Å². The van der Waals surface area contributed by atoms with Gasteiger partial charge in [0, 0.05) is 18.7 Å². The molecule has 6 heteroatoms. The molecule has 0 radical (unpaired) electrons. The molecule has 142 valence electrons. The predicted octanol–water partition coefficient (Wildman–Crippen LogP) is 3.33. The Kier molecular flexibility index (Phi) is 8.22. The zero-order valence-corrected chi connectivity index (χ0v) is 15.3. The molecule has 1 aromatic heterocycles. The Morgan fingerprint density at radius 3 is 2.33 bits per heavy atom. The van der Waals surface area contributed by atoms with Crippen LogP contribution in [0.3, 0.4) is 0 Å². The first kappa shape index (κ1) is 20.4. The standard InChI is InChI=1S/C20H23N3O.CH2O2/c1-23(13-12-19(24)16-8-4-2-5-9-16)15-18-14-21-22-20(18)17-10-6-3-7-11-17;2-1-3/h2-11,14,19,24H,12-13,15H2,1H3,(H,21,22);1H,(H,2,3)/t19-;/m1./s1. The number of H-pyrrole nitrogens is 1. The van der Waals surface area contributed by atoms with Crippen LogP contribution in [-0.2, 0) is 11.3 Å². The van der Waals surface area contributed by atoms with Gasteiger partial charge in [-0.15, -0.1) is 0 Å². The van der Waals surface area contributed by atoms with Gasteiger partial charge in [-0.25, -0.2) is 0 Å². The smallest absolute Gasteiger partial charge is 0.290 e. The van der Waals surface area contributed by atoms with Gasteiger partial charge in [0.2, 0.25) is 0 Å². The van der Waals surface area contributed by atoms with Crippen molar-refractivity contribution >= 4 is 6.47 Å². The molecule has 0 saturated carbocycles. The average molecular weight is 367 g/mol. The van der Waals surface area contributed by atoms with Crippen LogP contribution in [0.25, 0.3) is 11.3 Å². The van der Waals surface area contributed by atoms with E-state index >= 15 is 0 Å². The van der Waals surface area contributed by atoms with E-state index in [4.69, 9.17) is 9.90 Å². The lowest BCUT2D eigenvalue weighted by Crippen LogP contribution is -2.21. The van der Waals surface area contributed by atoms with E-state index in [9.17, 15) is 5.11 Å². The maximum absolute atomic E-state index is 10.3. The summed E-state index contributed by atoms with van der Waals surface area (Å²) in [4.78, 5) is 10.6. The number of hydrogen-bond donors (Lipinski definition) is 3. The summed E-state index contributed by atoms with van der Waals surface area (Å²) >= 11 is 0. The maximum atomic E-state index is 10.3. The van der Waals surface area contributed by atoms with Gasteiger partial charge in [0.15, 0.2) is 0 Å². The highest BCUT2D eigenvalue weighted by molar-refractivity contribution is 5.62. The SMILES string of the molecule is CN(CC[C@@H](O)c1ccccc1)Cc1cn[nH]c1-c1ccccc1.O=CO. The summed E-state index contributed by atoms with van der Waals surface area (Å²) < 4.78 is 0. The molecule has 6 nitrogen and oxygen atoms in total. The number of hydrogen-bond acceptors (Lipinski definition) is 4. The topological polar surface area (TPSA) is 89.5 Å². The normalized spacial score (nSPS) is 11.5. The maximum Gasteiger partial charge on any atom is 0.290 e. The van der Waals surface area contributed by atoms with Crippen LogP contribution in [0.1, 0.15) is 23.7 Å². The van der Waals surface area contributed by atoms with Crippen molar-refractivity contribution in [1.29, 1.82) is 0 Å². The number of rotatable bonds is 7. The Balaban J connectivity index is 0.000000817. The molecule has 0 amide bonds. The quantitative estimate of drug-likeness (QED) is 0.557. The number of aliphatic hydroxyl groups excluding tert-OH is 1. The van der Waals surface area contributed by atoms with Gasteiger partial charge in [-0.05, 0) is 24.6 Å². The van der Waals surface area contributed by atoms with Crippen LogP contribution in [0.15, 0.2) is 66.9 Å². The number of carbonyl (C=O) groups is 1. The molecule has 0 aliphatic rings. The molecule has 0 aliphatic heterocycles. The highest BCUT2D eigenvalue weighted by Gasteiger charge is 2.12. The van der Waals surface area contributed by atoms with Crippen LogP contribution in [-0.4, -0.2) is 45.4 Å². The van der Waals surface area contributed by atoms with Crippen LogP contribution in [0.4, 0.5) is 0 Å². The fraction of sp³-hybridized carbons (Fsp3) is 0.238. The highest BCUT2D eigenvalue weighted by Crippen LogP contribution is 2.22. The van der Waals surface area contributed by atoms with Gasteiger partial charge in [0.1, 0.15) is 0 Å². The fourth-order valence-electron chi connectivity index (χ4n) is 2.84. The van der Waals surface area contributed by atoms with E-state index in [1.807, 2.05) is 54.7 Å². The number of aromatic amines is 1. The second-order valence-electron chi connectivity index (χ2n) is 6.19. The molecule has 0 spiro atoms. The van der Waals surface area contributed by atoms with Crippen molar-refractivity contribution in [1.82, 2.24) is 15.1 Å². The van der Waals surface area contributed by atoms with Gasteiger partial charge in [0.05, 0.1) is 18.0 Å². The van der Waals surface area contributed by atoms with Gasteiger partial charge >= 0.3 is 0 Å². The zero-order chi connectivity index (χ0) is 19.5. The molecule has 0 fully saturated rings. The Hall–Kier alpha value is -2.96. The number of aromatic nitrogens is 2. The molecular formula is C21H25N3O3. The first-order chi connectivity index (χ1) is 13.2. The number of carboxylic acid groups (broad SMARTS) is 1. The summed E-state index contributed by atoms with van der Waals surface area (Å²) in [6, 6.07) is 20.0. The lowest BCUT2D eigenvalue weighted by molar-refractivity contribution is -0.122. The van der Waals surface area contributed by atoms with Crippen LogP contribution in [0, 0.1) is 0 Å². The summed E-state index contributed by atoms with van der Waals surface area (Å²) in [7, 11) is 2.07. The van der Waals surface area contributed by atoms with E-state index in [1.54, 1.807) is 0 Å². The number of nitrogens with one attached hydrogen (secondary N) is 1. The predicted molar refractivity (Wildman–Crippen MR) is 105 cm³/mol. The Labute approximate surface area is 159 Å². The Morgan fingerprint density at radius 1 is 1.11 bits per heavy atom. The number of nitrogens with zero attached hydrogens (tertiary/aromatic N) is 2. The van der Waals surface area contributed by atoms with Gasteiger partial charge in [-0.3, -0.25) is 9.89 Å². The van der Waals surface area contributed by atoms with Crippen molar-refractivity contribution in [3.05, 3.63) is 78.0 Å². The van der Waals surface area contributed by atoms with Crippen LogP contribution in [0.5, 0.6) is 0 Å². The van der Waals surface area contributed by atoms with Crippen molar-refractivity contribution in [3.63, 3.8) is 0 Å². The Bertz CT molecular complexity index is 791. The number of aliphatic hydroxyl groups is 1. The molecule has 3 aromatic rings. The molecule has 3 N–H and O–H groups in total. The van der Waals surface area contributed by atoms with Gasteiger partial charge in [0.25, 0.3) is 6.47 Å². The van der Waals surface area contributed by atoms with Crippen LogP contribution < -0.4 is 0 Å². The second-order valence-corrected chi connectivity index (χ2v) is 6.19. The molecule has 0 saturated heterocycles. The van der Waals surface area contributed by atoms with Crippen molar-refractivity contribution in [2.45, 2.75) is 19.1 Å². The van der Waals surface area contributed by atoms with E-state index < -0.39 is 6.10 Å². The summed E-state index contributed by atoms with van der Waals surface area (Å²) in [5, 5.41) is 24.5. The summed E-state index contributed by atoms with van der Waals surface area (Å²) in [5.74, 6) is 0. The molecule has 2 aromatic carbocycles. The van der Waals surface area contributed by atoms with E-state index in [0.717, 1.165) is 35.5 Å². The lowest BCUT2D eigenvalue weighted by atomic mass is 10.1. The Morgan fingerprint density at radius 2 is 1.70 bits per heavy atom. The minimum absolute atomic E-state index is 0.250. The van der Waals surface area contributed by atoms with Gasteiger partial charge in [-0.2, -0.15) is 5.10 Å². The first-order valence-corrected chi connectivity index (χ1v) is 8.72. The minimum atomic E-state index is -0.424. The van der Waals surface area contributed by atoms with Crippen LogP contribution in [0.2, 0.25) is 0 Å². The number of benzene rings is 2. The fourth-order valence-corrected chi connectivity index (χ4v) is 2.84. The van der Waals surface area contributed by atoms with Crippen molar-refractivity contribution in [3.8, 4) is 11.3 Å². The van der Waals surface area contributed by atoms with E-state index in [2.05, 4.69) is 34.3 Å². The van der Waals surface area contributed by atoms with E-state index in [1.165, 1.54) is 0 Å². The van der Waals surface area contributed by atoms with Crippen LogP contribution >= 0.6 is 0 Å². The molecule has 0 bridgehead atoms. The van der Waals surface area contributed by atoms with Crippen molar-refractivity contribution < 1.29 is 15.0 Å². The first-order valence-electron chi connectivity index (χ1n) is 8.72. The molecule has 0 unspecified atom stereocenters. The summed E-state index contributed by atoms with van der Waals surface area (Å²) in [6.45, 7) is 1.36. The van der Waals surface area contributed by atoms with E-state index in [0.29, 0.717) is 6.42 Å². The molecule has 3 rings (SSSR count). The monoisotopic (exact) mass is 367 g/mol. The third-order valence-electron chi connectivity index (χ3n) is 4.19. The lowest BCUT2D eigenvalue weighted by Gasteiger charge is -2.19. The molecular weight excluding hydrogens is 342 g/mol. The van der Waals surface area contributed by atoms with Crippen molar-refractivity contribution in [2.24, 2.45) is 0 Å². The molecule has 1 atom stereocenters. The minimum Gasteiger partial charge on any atom is -0.483 e. The summed E-state index contributed by atoms with van der Waals surface area (Å²) in [6.07, 6.45) is 2.16. The summed E-state index contributed by atoms with van der Waals surface area (Å²) in [5.41, 5.74) is 4.34. The largest absolute Gasteiger partial charge is 0.483 e. The third-order valence-corrected chi connectivity index (χ3v) is 4.19. The molecule has 27 heavy (non-hydrogen) atoms. The molecule has 1 heterocycles. The van der Waals surface area contributed by atoms with Crippen molar-refractivity contribution in [2.75, 3.05) is 13.6 Å². The third kappa shape index (κ3) is 6.36. The highest BCUT2D eigenvalue weighted by atomic mass is 16.3. The second kappa shape index (κ2) is 10.9.